The molecule has 2 heterocycles. The summed E-state index contributed by atoms with van der Waals surface area (Å²) in [4.78, 5) is 2.52. The summed E-state index contributed by atoms with van der Waals surface area (Å²) in [6.07, 6.45) is 0.557. The summed E-state index contributed by atoms with van der Waals surface area (Å²) in [7, 11) is -3.36. The van der Waals surface area contributed by atoms with Crippen molar-refractivity contribution < 1.29 is 8.42 Å². The molecule has 0 aromatic carbocycles. The topological polar surface area (TPSA) is 85.1 Å². The van der Waals surface area contributed by atoms with Gasteiger partial charge in [0.2, 0.25) is 0 Å². The fraction of sp³-hybridized carbons (Fsp3) is 0.417. The lowest BCUT2D eigenvalue weighted by Gasteiger charge is -2.06. The number of hydrogen-bond donors (Lipinski definition) is 2. The zero-order chi connectivity index (χ0) is 14.8. The Kier molecular flexibility index (Phi) is 4.66. The first kappa shape index (κ1) is 15.3. The summed E-state index contributed by atoms with van der Waals surface area (Å²) in [5.41, 5.74) is 5.71. The highest BCUT2D eigenvalue weighted by atomic mass is 32.2. The molecule has 0 aliphatic carbocycles. The van der Waals surface area contributed by atoms with Crippen molar-refractivity contribution in [2.45, 2.75) is 31.7 Å². The van der Waals surface area contributed by atoms with Crippen LogP contribution in [0.1, 0.15) is 23.1 Å². The largest absolute Gasteiger partial charge is 0.382 e. The van der Waals surface area contributed by atoms with Gasteiger partial charge in [0.1, 0.15) is 9.90 Å². The Morgan fingerprint density at radius 3 is 2.75 bits per heavy atom. The number of nitrogens with two attached hydrogens (primary N) is 1. The highest BCUT2D eigenvalue weighted by molar-refractivity contribution is 7.91. The van der Waals surface area contributed by atoms with Crippen LogP contribution in [0.15, 0.2) is 17.0 Å². The van der Waals surface area contributed by atoms with Crippen molar-refractivity contribution in [3.63, 3.8) is 0 Å². The minimum atomic E-state index is -3.36. The molecule has 5 nitrogen and oxygen atoms in total. The molecule has 0 saturated carbocycles. The van der Waals surface area contributed by atoms with Crippen molar-refractivity contribution in [1.29, 1.82) is 0 Å². The number of aromatic nitrogens is 1. The molecule has 2 aromatic rings. The van der Waals surface area contributed by atoms with E-state index in [-0.39, 0.29) is 16.5 Å². The fourth-order valence-electron chi connectivity index (χ4n) is 1.83. The van der Waals surface area contributed by atoms with Gasteiger partial charge in [-0.15, -0.1) is 11.3 Å². The maximum Gasteiger partial charge on any atom is 0.185 e. The van der Waals surface area contributed by atoms with E-state index < -0.39 is 9.84 Å². The van der Waals surface area contributed by atoms with Gasteiger partial charge in [-0.05, 0) is 37.0 Å². The van der Waals surface area contributed by atoms with Crippen molar-refractivity contribution in [2.75, 3.05) is 16.8 Å². The first-order valence-electron chi connectivity index (χ1n) is 6.21. The lowest BCUT2D eigenvalue weighted by atomic mass is 10.4. The highest BCUT2D eigenvalue weighted by Gasteiger charge is 2.24. The van der Waals surface area contributed by atoms with E-state index in [1.165, 1.54) is 4.88 Å². The van der Waals surface area contributed by atoms with Crippen LogP contribution in [0.5, 0.6) is 0 Å². The average molecular weight is 331 g/mol. The lowest BCUT2D eigenvalue weighted by Crippen LogP contribution is -2.10. The minimum Gasteiger partial charge on any atom is -0.382 e. The van der Waals surface area contributed by atoms with E-state index in [9.17, 15) is 8.42 Å². The number of sulfone groups is 1. The summed E-state index contributed by atoms with van der Waals surface area (Å²) in [6.45, 7) is 4.44. The Morgan fingerprint density at radius 2 is 2.15 bits per heavy atom. The zero-order valence-corrected chi connectivity index (χ0v) is 13.8. The third-order valence-electron chi connectivity index (χ3n) is 2.68. The molecule has 0 unspecified atom stereocenters. The number of nitrogens with one attached hydrogen (secondary N) is 1. The molecule has 0 amide bonds. The Balaban J connectivity index is 2.21. The second-order valence-corrected chi connectivity index (χ2v) is 8.60. The fourth-order valence-corrected chi connectivity index (χ4v) is 5.27. The van der Waals surface area contributed by atoms with Gasteiger partial charge in [0.15, 0.2) is 15.7 Å². The van der Waals surface area contributed by atoms with Gasteiger partial charge in [0.25, 0.3) is 0 Å². The molecule has 110 valence electrons. The monoisotopic (exact) mass is 331 g/mol. The normalized spacial score (nSPS) is 11.7. The molecule has 0 aliphatic rings. The van der Waals surface area contributed by atoms with Gasteiger partial charge in [0.05, 0.1) is 12.3 Å². The highest BCUT2D eigenvalue weighted by Crippen LogP contribution is 2.33. The predicted octanol–water partition coefficient (Wildman–Crippen LogP) is 2.89. The second kappa shape index (κ2) is 6.11. The van der Waals surface area contributed by atoms with Crippen molar-refractivity contribution in [3.05, 3.63) is 21.9 Å². The molecule has 8 heteroatoms. The van der Waals surface area contributed by atoms with Gasteiger partial charge in [0, 0.05) is 9.75 Å². The van der Waals surface area contributed by atoms with Crippen LogP contribution in [-0.4, -0.2) is 18.5 Å². The summed E-state index contributed by atoms with van der Waals surface area (Å²) in [5, 5.41) is 3.67. The quantitative estimate of drug-likeness (QED) is 0.850. The molecular formula is C12H17N3O2S3. The summed E-state index contributed by atoms with van der Waals surface area (Å²) >= 11 is 2.77. The third kappa shape index (κ3) is 3.31. The Morgan fingerprint density at radius 1 is 1.40 bits per heavy atom. The van der Waals surface area contributed by atoms with Gasteiger partial charge in [-0.1, -0.05) is 6.92 Å². The molecule has 0 fully saturated rings. The lowest BCUT2D eigenvalue weighted by molar-refractivity contribution is 0.595. The Bertz CT molecular complexity index is 689. The van der Waals surface area contributed by atoms with Crippen molar-refractivity contribution in [1.82, 2.24) is 4.37 Å². The number of rotatable bonds is 6. The molecule has 2 aromatic heterocycles. The molecule has 2 rings (SSSR count). The molecule has 0 radical (unpaired) electrons. The molecule has 0 aliphatic heterocycles. The zero-order valence-electron chi connectivity index (χ0n) is 11.3. The maximum absolute atomic E-state index is 12.2. The second-order valence-electron chi connectivity index (χ2n) is 4.41. The van der Waals surface area contributed by atoms with Crippen LogP contribution >= 0.6 is 22.9 Å². The number of nitrogen functional groups attached to an aromatic ring is 1. The van der Waals surface area contributed by atoms with E-state index in [4.69, 9.17) is 5.73 Å². The summed E-state index contributed by atoms with van der Waals surface area (Å²) in [5.74, 6) is 0.177. The van der Waals surface area contributed by atoms with Gasteiger partial charge >= 0.3 is 0 Å². The summed E-state index contributed by atoms with van der Waals surface area (Å²) in [6, 6.07) is 4.06. The smallest absolute Gasteiger partial charge is 0.185 e. The van der Waals surface area contributed by atoms with Gasteiger partial charge in [-0.25, -0.2) is 8.42 Å². The molecule has 0 spiro atoms. The predicted molar refractivity (Wildman–Crippen MR) is 85.3 cm³/mol. The summed E-state index contributed by atoms with van der Waals surface area (Å²) < 4.78 is 28.4. The average Bonchev–Trinajstić information content (AvgIpc) is 2.93. The SMILES string of the molecule is CCCS(=O)(=O)c1c(N)nsc1NCc1ccc(C)s1. The van der Waals surface area contributed by atoms with Crippen LogP contribution in [0.3, 0.4) is 0 Å². The van der Waals surface area contributed by atoms with Crippen LogP contribution < -0.4 is 11.1 Å². The van der Waals surface area contributed by atoms with Crippen molar-refractivity contribution >= 4 is 43.5 Å². The van der Waals surface area contributed by atoms with Gasteiger partial charge in [-0.3, -0.25) is 0 Å². The Hall–Kier alpha value is -1.12. The number of anilines is 2. The van der Waals surface area contributed by atoms with Crippen molar-refractivity contribution in [3.8, 4) is 0 Å². The maximum atomic E-state index is 12.2. The number of aryl methyl sites for hydroxylation is 1. The van der Waals surface area contributed by atoms with Crippen LogP contribution in [0.4, 0.5) is 10.8 Å². The van der Waals surface area contributed by atoms with E-state index in [1.54, 1.807) is 11.3 Å². The van der Waals surface area contributed by atoms with E-state index in [2.05, 4.69) is 9.69 Å². The standard InChI is InChI=1S/C12H17N3O2S3/c1-3-6-20(16,17)10-11(13)15-19-12(10)14-7-9-5-4-8(2)18-9/h4-5,14H,3,6-7H2,1-2H3,(H2,13,15). The van der Waals surface area contributed by atoms with E-state index in [0.29, 0.717) is 18.0 Å². The number of nitrogens with zero attached hydrogens (tertiary/aromatic N) is 1. The number of hydrogen-bond acceptors (Lipinski definition) is 7. The first-order valence-corrected chi connectivity index (χ1v) is 9.45. The van der Waals surface area contributed by atoms with Crippen LogP contribution in [0.25, 0.3) is 0 Å². The third-order valence-corrected chi connectivity index (χ3v) is 6.61. The molecule has 20 heavy (non-hydrogen) atoms. The van der Waals surface area contributed by atoms with Gasteiger partial charge < -0.3 is 11.1 Å². The molecular weight excluding hydrogens is 314 g/mol. The van der Waals surface area contributed by atoms with Crippen molar-refractivity contribution in [2.24, 2.45) is 0 Å². The van der Waals surface area contributed by atoms with Gasteiger partial charge in [-0.2, -0.15) is 4.37 Å². The molecule has 0 saturated heterocycles. The molecule has 0 atom stereocenters. The van der Waals surface area contributed by atoms with Crippen LogP contribution in [-0.2, 0) is 16.4 Å². The molecule has 3 N–H and O–H groups in total. The first-order chi connectivity index (χ1) is 9.44. The molecule has 0 bridgehead atoms. The van der Waals surface area contributed by atoms with E-state index >= 15 is 0 Å². The minimum absolute atomic E-state index is 0.0857. The number of thiophene rings is 1. The van der Waals surface area contributed by atoms with Crippen LogP contribution in [0, 0.1) is 6.92 Å². The Labute approximate surface area is 126 Å². The van der Waals surface area contributed by atoms with Crippen LogP contribution in [0.2, 0.25) is 0 Å². The van der Waals surface area contributed by atoms with E-state index in [0.717, 1.165) is 16.4 Å². The van der Waals surface area contributed by atoms with E-state index in [1.807, 2.05) is 26.0 Å².